The van der Waals surface area contributed by atoms with Crippen molar-refractivity contribution in [2.24, 2.45) is 4.99 Å². The fraction of sp³-hybridized carbons (Fsp3) is 0.192. The summed E-state index contributed by atoms with van der Waals surface area (Å²) >= 11 is 5.64. The molecule has 0 saturated heterocycles. The third-order valence-corrected chi connectivity index (χ3v) is 7.95. The number of benzene rings is 2. The number of thiazole rings is 1. The average molecular weight is 730 g/mol. The first-order chi connectivity index (χ1) is 17.2. The Hall–Kier alpha value is -2.32. The minimum atomic E-state index is -0.780. The summed E-state index contributed by atoms with van der Waals surface area (Å²) in [5, 5.41) is 0. The molecular formula is C26H21FI2N2O4S. The number of allylic oxidation sites excluding steroid dienone is 1. The fourth-order valence-corrected chi connectivity index (χ4v) is 7.02. The maximum atomic E-state index is 13.7. The van der Waals surface area contributed by atoms with Gasteiger partial charge in [-0.1, -0.05) is 36.1 Å². The van der Waals surface area contributed by atoms with Crippen LogP contribution in [0.2, 0.25) is 0 Å². The van der Waals surface area contributed by atoms with Crippen molar-refractivity contribution in [3.63, 3.8) is 0 Å². The van der Waals surface area contributed by atoms with Crippen molar-refractivity contribution in [1.29, 1.82) is 0 Å². The van der Waals surface area contributed by atoms with Gasteiger partial charge in [0.15, 0.2) is 4.80 Å². The maximum Gasteiger partial charge on any atom is 0.338 e. The second-order valence-electron chi connectivity index (χ2n) is 7.77. The van der Waals surface area contributed by atoms with Crippen LogP contribution in [-0.2, 0) is 9.53 Å². The molecule has 0 spiro atoms. The number of carbonyl (C=O) groups is 1. The third-order valence-electron chi connectivity index (χ3n) is 5.37. The number of hydrogen-bond donors (Lipinski definition) is 0. The van der Waals surface area contributed by atoms with Crippen molar-refractivity contribution in [2.45, 2.75) is 19.9 Å². The zero-order valence-electron chi connectivity index (χ0n) is 19.4. The molecular weight excluding hydrogens is 709 g/mol. The highest BCUT2D eigenvalue weighted by Gasteiger charge is 2.33. The monoisotopic (exact) mass is 730 g/mol. The van der Waals surface area contributed by atoms with E-state index in [1.165, 1.54) is 28.0 Å². The van der Waals surface area contributed by atoms with Gasteiger partial charge in [-0.3, -0.25) is 9.36 Å². The maximum absolute atomic E-state index is 13.7. The molecule has 36 heavy (non-hydrogen) atoms. The molecule has 2 aromatic carbocycles. The molecule has 0 fully saturated rings. The quantitative estimate of drug-likeness (QED) is 0.201. The highest BCUT2D eigenvalue weighted by atomic mass is 127. The van der Waals surface area contributed by atoms with Crippen LogP contribution in [0.1, 0.15) is 31.0 Å². The number of hydrogen-bond acceptors (Lipinski definition) is 6. The van der Waals surface area contributed by atoms with Gasteiger partial charge in [-0.05, 0) is 100 Å². The van der Waals surface area contributed by atoms with Gasteiger partial charge in [0.05, 0.1) is 35.6 Å². The third kappa shape index (κ3) is 5.35. The Labute approximate surface area is 238 Å². The Morgan fingerprint density at radius 2 is 1.92 bits per heavy atom. The van der Waals surface area contributed by atoms with Gasteiger partial charge in [0, 0.05) is 0 Å². The standard InChI is InChI=1S/C26H21FI2N2O4S/c1-4-10-35-23-18(28)11-15(12-19(23)29)13-20-24(32)31-22(16-6-8-17(27)9-7-16)21(25(33)34-5-2)14(3)30-26(31)36-20/h4,6-9,11-13,22H,1,5,10H2,2-3H3/b20-13-. The van der Waals surface area contributed by atoms with Crippen molar-refractivity contribution < 1.29 is 18.7 Å². The topological polar surface area (TPSA) is 69.9 Å². The van der Waals surface area contributed by atoms with E-state index in [4.69, 9.17) is 9.47 Å². The van der Waals surface area contributed by atoms with E-state index >= 15 is 0 Å². The van der Waals surface area contributed by atoms with E-state index in [0.717, 1.165) is 18.5 Å². The second-order valence-corrected chi connectivity index (χ2v) is 11.1. The summed E-state index contributed by atoms with van der Waals surface area (Å²) in [6.07, 6.45) is 3.49. The van der Waals surface area contributed by atoms with E-state index in [1.807, 2.05) is 12.1 Å². The number of ether oxygens (including phenoxy) is 2. The first kappa shape index (κ1) is 26.7. The van der Waals surface area contributed by atoms with Gasteiger partial charge in [-0.15, -0.1) is 0 Å². The van der Waals surface area contributed by atoms with Crippen LogP contribution in [0.3, 0.4) is 0 Å². The van der Waals surface area contributed by atoms with Crippen molar-refractivity contribution >= 4 is 68.6 Å². The molecule has 1 aliphatic heterocycles. The van der Waals surface area contributed by atoms with Gasteiger partial charge in [0.1, 0.15) is 18.2 Å². The van der Waals surface area contributed by atoms with Gasteiger partial charge >= 0.3 is 5.97 Å². The van der Waals surface area contributed by atoms with E-state index in [9.17, 15) is 14.0 Å². The smallest absolute Gasteiger partial charge is 0.338 e. The van der Waals surface area contributed by atoms with Crippen LogP contribution in [-0.4, -0.2) is 23.8 Å². The Kier molecular flexibility index (Phi) is 8.45. The minimum Gasteiger partial charge on any atom is -0.487 e. The van der Waals surface area contributed by atoms with Gasteiger partial charge in [0.2, 0.25) is 0 Å². The molecule has 0 amide bonds. The van der Waals surface area contributed by atoms with Crippen molar-refractivity contribution in [3.8, 4) is 5.75 Å². The van der Waals surface area contributed by atoms with E-state index in [-0.39, 0.29) is 17.7 Å². The van der Waals surface area contributed by atoms with Crippen LogP contribution in [0.5, 0.6) is 5.75 Å². The van der Waals surface area contributed by atoms with Crippen molar-refractivity contribution in [2.75, 3.05) is 13.2 Å². The van der Waals surface area contributed by atoms with E-state index < -0.39 is 17.8 Å². The molecule has 10 heteroatoms. The molecule has 0 radical (unpaired) electrons. The Bertz CT molecular complexity index is 1530. The summed E-state index contributed by atoms with van der Waals surface area (Å²) in [6, 6.07) is 8.85. The summed E-state index contributed by atoms with van der Waals surface area (Å²) in [6.45, 7) is 7.69. The summed E-state index contributed by atoms with van der Waals surface area (Å²) in [4.78, 5) is 31.6. The molecule has 0 aliphatic carbocycles. The van der Waals surface area contributed by atoms with Crippen LogP contribution < -0.4 is 19.6 Å². The number of esters is 1. The molecule has 2 heterocycles. The SMILES string of the molecule is C=CCOc1c(I)cc(/C=c2\sc3n(c2=O)C(c2ccc(F)cc2)C(C(=O)OCC)=C(C)N=3)cc1I. The zero-order chi connectivity index (χ0) is 26.0. The lowest BCUT2D eigenvalue weighted by molar-refractivity contribution is -0.139. The van der Waals surface area contributed by atoms with Crippen LogP contribution in [0.25, 0.3) is 6.08 Å². The first-order valence-corrected chi connectivity index (χ1v) is 13.9. The molecule has 0 bridgehead atoms. The van der Waals surface area contributed by atoms with Gasteiger partial charge in [-0.2, -0.15) is 0 Å². The largest absolute Gasteiger partial charge is 0.487 e. The molecule has 1 unspecified atom stereocenters. The van der Waals surface area contributed by atoms with Gasteiger partial charge in [-0.25, -0.2) is 14.2 Å². The summed E-state index contributed by atoms with van der Waals surface area (Å²) in [5.41, 5.74) is 1.85. The molecule has 4 rings (SSSR count). The van der Waals surface area contributed by atoms with E-state index in [2.05, 4.69) is 56.8 Å². The Balaban J connectivity index is 1.89. The lowest BCUT2D eigenvalue weighted by Gasteiger charge is -2.24. The highest BCUT2D eigenvalue weighted by molar-refractivity contribution is 14.1. The van der Waals surface area contributed by atoms with Crippen LogP contribution in [0.15, 0.2) is 70.1 Å². The summed E-state index contributed by atoms with van der Waals surface area (Å²) < 4.78 is 28.5. The van der Waals surface area contributed by atoms with Crippen LogP contribution >= 0.6 is 56.5 Å². The summed E-state index contributed by atoms with van der Waals surface area (Å²) in [7, 11) is 0. The van der Waals surface area contributed by atoms with Gasteiger partial charge < -0.3 is 9.47 Å². The van der Waals surface area contributed by atoms with Crippen molar-refractivity contribution in [3.05, 3.63) is 104 Å². The number of fused-ring (bicyclic) bond motifs is 1. The average Bonchev–Trinajstić information content (AvgIpc) is 3.12. The Morgan fingerprint density at radius 3 is 2.53 bits per heavy atom. The molecule has 6 nitrogen and oxygen atoms in total. The molecule has 1 aromatic heterocycles. The molecule has 1 aliphatic rings. The van der Waals surface area contributed by atoms with E-state index in [0.29, 0.717) is 27.2 Å². The molecule has 1 atom stereocenters. The minimum absolute atomic E-state index is 0.181. The Morgan fingerprint density at radius 1 is 1.25 bits per heavy atom. The normalized spacial score (nSPS) is 15.4. The van der Waals surface area contributed by atoms with Crippen LogP contribution in [0.4, 0.5) is 4.39 Å². The number of nitrogens with zero attached hydrogens (tertiary/aromatic N) is 2. The summed E-state index contributed by atoms with van der Waals surface area (Å²) in [5.74, 6) is -0.198. The highest BCUT2D eigenvalue weighted by Crippen LogP contribution is 2.31. The molecule has 0 saturated carbocycles. The van der Waals surface area contributed by atoms with Gasteiger partial charge in [0.25, 0.3) is 5.56 Å². The lowest BCUT2D eigenvalue weighted by Crippen LogP contribution is -2.39. The number of rotatable bonds is 7. The van der Waals surface area contributed by atoms with Crippen LogP contribution in [0, 0.1) is 13.0 Å². The number of carbonyl (C=O) groups excluding carboxylic acids is 1. The molecule has 0 N–H and O–H groups in total. The van der Waals surface area contributed by atoms with E-state index in [1.54, 1.807) is 38.1 Å². The lowest BCUT2D eigenvalue weighted by atomic mass is 9.96. The predicted molar refractivity (Wildman–Crippen MR) is 154 cm³/mol. The molecule has 3 aromatic rings. The fourth-order valence-electron chi connectivity index (χ4n) is 3.85. The molecule has 186 valence electrons. The number of halogens is 3. The predicted octanol–water partition coefficient (Wildman–Crippen LogP) is 4.71. The zero-order valence-corrected chi connectivity index (χ0v) is 24.5. The first-order valence-electron chi connectivity index (χ1n) is 10.9. The second kappa shape index (κ2) is 11.4. The van der Waals surface area contributed by atoms with Crippen molar-refractivity contribution in [1.82, 2.24) is 4.57 Å². The number of aromatic nitrogens is 1.